The standard InChI is InChI=1S/C14H14ClNO2/c15-12-5-7-13(8-6-12)18-11-3-10-16-9-2-1-4-14(16)17/h1-2,4-9H,3,10-11H2. The number of ether oxygens (including phenoxy) is 1. The van der Waals surface area contributed by atoms with E-state index >= 15 is 0 Å². The minimum atomic E-state index is 0.0176. The number of nitrogens with zero attached hydrogens (tertiary/aromatic N) is 1. The predicted octanol–water partition coefficient (Wildman–Crippen LogP) is 2.97. The summed E-state index contributed by atoms with van der Waals surface area (Å²) in [6.07, 6.45) is 2.57. The Kier molecular flexibility index (Phi) is 4.42. The molecule has 0 aliphatic carbocycles. The van der Waals surface area contributed by atoms with Gasteiger partial charge in [-0.2, -0.15) is 0 Å². The maximum atomic E-state index is 11.4. The van der Waals surface area contributed by atoms with Crippen LogP contribution in [0, 0.1) is 0 Å². The lowest BCUT2D eigenvalue weighted by molar-refractivity contribution is 0.301. The summed E-state index contributed by atoms with van der Waals surface area (Å²) in [5, 5.41) is 0.693. The van der Waals surface area contributed by atoms with Gasteiger partial charge in [0.2, 0.25) is 5.56 Å². The van der Waals surface area contributed by atoms with Crippen LogP contribution in [0.25, 0.3) is 0 Å². The number of hydrogen-bond acceptors (Lipinski definition) is 2. The quantitative estimate of drug-likeness (QED) is 0.777. The second kappa shape index (κ2) is 6.26. The third-order valence-electron chi connectivity index (χ3n) is 2.52. The summed E-state index contributed by atoms with van der Waals surface area (Å²) in [5.74, 6) is 0.791. The van der Waals surface area contributed by atoms with Crippen molar-refractivity contribution >= 4 is 11.6 Å². The van der Waals surface area contributed by atoms with Crippen molar-refractivity contribution in [3.05, 3.63) is 64.0 Å². The Bertz CT molecular complexity index is 548. The first-order chi connectivity index (χ1) is 8.75. The summed E-state index contributed by atoms with van der Waals surface area (Å²) in [4.78, 5) is 11.4. The van der Waals surface area contributed by atoms with Gasteiger partial charge in [0, 0.05) is 23.8 Å². The largest absolute Gasteiger partial charge is 0.494 e. The van der Waals surface area contributed by atoms with Gasteiger partial charge < -0.3 is 9.30 Å². The predicted molar refractivity (Wildman–Crippen MR) is 72.3 cm³/mol. The number of hydrogen-bond donors (Lipinski definition) is 0. The second-order valence-corrected chi connectivity index (χ2v) is 4.32. The molecule has 4 heteroatoms. The van der Waals surface area contributed by atoms with Crippen LogP contribution in [0.3, 0.4) is 0 Å². The van der Waals surface area contributed by atoms with E-state index in [2.05, 4.69) is 0 Å². The van der Waals surface area contributed by atoms with Gasteiger partial charge in [0.1, 0.15) is 5.75 Å². The van der Waals surface area contributed by atoms with Crippen molar-refractivity contribution < 1.29 is 4.74 Å². The molecule has 0 spiro atoms. The van der Waals surface area contributed by atoms with E-state index in [1.54, 1.807) is 35.0 Å². The highest BCUT2D eigenvalue weighted by Gasteiger charge is 1.96. The molecule has 0 N–H and O–H groups in total. The molecule has 0 amide bonds. The molecule has 94 valence electrons. The molecule has 3 nitrogen and oxygen atoms in total. The summed E-state index contributed by atoms with van der Waals surface area (Å²) in [5.41, 5.74) is 0.0176. The topological polar surface area (TPSA) is 31.2 Å². The summed E-state index contributed by atoms with van der Waals surface area (Å²) in [6.45, 7) is 1.23. The molecule has 1 aromatic carbocycles. The van der Waals surface area contributed by atoms with Gasteiger partial charge in [-0.05, 0) is 36.8 Å². The van der Waals surface area contributed by atoms with Crippen molar-refractivity contribution in [3.63, 3.8) is 0 Å². The van der Waals surface area contributed by atoms with E-state index in [0.717, 1.165) is 12.2 Å². The molecule has 2 aromatic rings. The first kappa shape index (κ1) is 12.7. The highest BCUT2D eigenvalue weighted by Crippen LogP contribution is 2.15. The number of benzene rings is 1. The highest BCUT2D eigenvalue weighted by atomic mass is 35.5. The van der Waals surface area contributed by atoms with Crippen LogP contribution in [0.15, 0.2) is 53.5 Å². The number of aromatic nitrogens is 1. The van der Waals surface area contributed by atoms with Crippen molar-refractivity contribution in [3.8, 4) is 5.75 Å². The molecule has 0 saturated carbocycles. The van der Waals surface area contributed by atoms with E-state index in [1.165, 1.54) is 0 Å². The SMILES string of the molecule is O=c1ccccn1CCCOc1ccc(Cl)cc1. The second-order valence-electron chi connectivity index (χ2n) is 3.89. The molecule has 0 aliphatic rings. The Balaban J connectivity index is 1.78. The third kappa shape index (κ3) is 3.64. The van der Waals surface area contributed by atoms with Crippen molar-refractivity contribution in [2.45, 2.75) is 13.0 Å². The summed E-state index contributed by atoms with van der Waals surface area (Å²) in [7, 11) is 0. The van der Waals surface area contributed by atoms with Crippen LogP contribution >= 0.6 is 11.6 Å². The molecular weight excluding hydrogens is 250 g/mol. The van der Waals surface area contributed by atoms with Gasteiger partial charge >= 0.3 is 0 Å². The Morgan fingerprint density at radius 2 is 1.89 bits per heavy atom. The van der Waals surface area contributed by atoms with Crippen LogP contribution < -0.4 is 10.3 Å². The molecule has 0 aliphatic heterocycles. The minimum absolute atomic E-state index is 0.0176. The maximum Gasteiger partial charge on any atom is 0.250 e. The van der Waals surface area contributed by atoms with Crippen molar-refractivity contribution in [2.24, 2.45) is 0 Å². The summed E-state index contributed by atoms with van der Waals surface area (Å²) < 4.78 is 7.22. The van der Waals surface area contributed by atoms with Crippen LogP contribution in [0.2, 0.25) is 5.02 Å². The number of pyridine rings is 1. The zero-order chi connectivity index (χ0) is 12.8. The third-order valence-corrected chi connectivity index (χ3v) is 2.78. The first-order valence-electron chi connectivity index (χ1n) is 5.79. The lowest BCUT2D eigenvalue weighted by Gasteiger charge is -2.07. The normalized spacial score (nSPS) is 10.3. The summed E-state index contributed by atoms with van der Waals surface area (Å²) in [6, 6.07) is 12.4. The molecule has 0 fully saturated rings. The molecule has 2 rings (SSSR count). The molecular formula is C14H14ClNO2. The minimum Gasteiger partial charge on any atom is -0.494 e. The Labute approximate surface area is 111 Å². The molecule has 0 bridgehead atoms. The van der Waals surface area contributed by atoms with Crippen LogP contribution in [-0.2, 0) is 6.54 Å². The van der Waals surface area contributed by atoms with Gasteiger partial charge in [-0.3, -0.25) is 4.79 Å². The van der Waals surface area contributed by atoms with Crippen molar-refractivity contribution in [1.29, 1.82) is 0 Å². The first-order valence-corrected chi connectivity index (χ1v) is 6.17. The van der Waals surface area contributed by atoms with Gasteiger partial charge in [0.25, 0.3) is 0 Å². The van der Waals surface area contributed by atoms with Gasteiger partial charge in [0.05, 0.1) is 6.61 Å². The fourth-order valence-electron chi connectivity index (χ4n) is 1.60. The average Bonchev–Trinajstić information content (AvgIpc) is 2.39. The van der Waals surface area contributed by atoms with E-state index in [1.807, 2.05) is 18.2 Å². The zero-order valence-electron chi connectivity index (χ0n) is 9.88. The number of rotatable bonds is 5. The van der Waals surface area contributed by atoms with Crippen LogP contribution in [0.4, 0.5) is 0 Å². The molecule has 1 aromatic heterocycles. The van der Waals surface area contributed by atoms with E-state index in [4.69, 9.17) is 16.3 Å². The molecule has 18 heavy (non-hydrogen) atoms. The smallest absolute Gasteiger partial charge is 0.250 e. The van der Waals surface area contributed by atoms with Crippen molar-refractivity contribution in [2.75, 3.05) is 6.61 Å². The van der Waals surface area contributed by atoms with Crippen molar-refractivity contribution in [1.82, 2.24) is 4.57 Å². The fraction of sp³-hybridized carbons (Fsp3) is 0.214. The van der Waals surface area contributed by atoms with Crippen LogP contribution in [0.1, 0.15) is 6.42 Å². The zero-order valence-corrected chi connectivity index (χ0v) is 10.6. The van der Waals surface area contributed by atoms with Crippen LogP contribution in [0.5, 0.6) is 5.75 Å². The van der Waals surface area contributed by atoms with Gasteiger partial charge in [-0.25, -0.2) is 0 Å². The Morgan fingerprint density at radius 1 is 1.11 bits per heavy atom. The molecule has 0 saturated heterocycles. The van der Waals surface area contributed by atoms with Gasteiger partial charge in [-0.15, -0.1) is 0 Å². The Morgan fingerprint density at radius 3 is 2.61 bits per heavy atom. The average molecular weight is 264 g/mol. The van der Waals surface area contributed by atoms with Gasteiger partial charge in [-0.1, -0.05) is 17.7 Å². The fourth-order valence-corrected chi connectivity index (χ4v) is 1.73. The number of aryl methyl sites for hydroxylation is 1. The summed E-state index contributed by atoms with van der Waals surface area (Å²) >= 11 is 5.78. The monoisotopic (exact) mass is 263 g/mol. The lowest BCUT2D eigenvalue weighted by Crippen LogP contribution is -2.18. The van der Waals surface area contributed by atoms with Gasteiger partial charge in [0.15, 0.2) is 0 Å². The molecule has 1 heterocycles. The lowest BCUT2D eigenvalue weighted by atomic mass is 10.3. The van der Waals surface area contributed by atoms with E-state index in [-0.39, 0.29) is 5.56 Å². The molecule has 0 radical (unpaired) electrons. The number of halogens is 1. The van der Waals surface area contributed by atoms with Crippen LogP contribution in [-0.4, -0.2) is 11.2 Å². The Hall–Kier alpha value is -1.74. The van der Waals surface area contributed by atoms with E-state index < -0.39 is 0 Å². The molecule has 0 atom stereocenters. The molecule has 0 unspecified atom stereocenters. The van der Waals surface area contributed by atoms with E-state index in [9.17, 15) is 4.79 Å². The van der Waals surface area contributed by atoms with E-state index in [0.29, 0.717) is 18.2 Å². The maximum absolute atomic E-state index is 11.4. The highest BCUT2D eigenvalue weighted by molar-refractivity contribution is 6.30.